The lowest BCUT2D eigenvalue weighted by molar-refractivity contribution is -0.143. The molecule has 2 fully saturated rings. The molecule has 0 aromatic heterocycles. The van der Waals surface area contributed by atoms with Crippen molar-refractivity contribution in [1.82, 2.24) is 10.6 Å². The first kappa shape index (κ1) is 22.4. The molecule has 5 rings (SSSR count). The maximum absolute atomic E-state index is 12.7. The molecule has 7 nitrogen and oxygen atoms in total. The maximum Gasteiger partial charge on any atom is 0.407 e. The van der Waals surface area contributed by atoms with Crippen LogP contribution in [0.25, 0.3) is 11.1 Å². The van der Waals surface area contributed by atoms with Gasteiger partial charge in [-0.15, -0.1) is 0 Å². The highest BCUT2D eigenvalue weighted by Gasteiger charge is 2.51. The van der Waals surface area contributed by atoms with Crippen molar-refractivity contribution >= 4 is 18.0 Å². The number of hydrogen-bond acceptors (Lipinski definition) is 4. The van der Waals surface area contributed by atoms with Crippen molar-refractivity contribution in [2.45, 2.75) is 62.4 Å². The van der Waals surface area contributed by atoms with E-state index in [-0.39, 0.29) is 36.8 Å². The second-order valence-electron chi connectivity index (χ2n) is 9.76. The van der Waals surface area contributed by atoms with Gasteiger partial charge >= 0.3 is 12.1 Å². The highest BCUT2D eigenvalue weighted by Crippen LogP contribution is 2.44. The summed E-state index contributed by atoms with van der Waals surface area (Å²) in [6.45, 7) is 0.249. The summed E-state index contributed by atoms with van der Waals surface area (Å²) in [7, 11) is 0. The van der Waals surface area contributed by atoms with Crippen molar-refractivity contribution in [3.63, 3.8) is 0 Å². The van der Waals surface area contributed by atoms with Gasteiger partial charge in [-0.05, 0) is 53.9 Å². The standard InChI is InChI=1S/C27H30N2O5/c30-24(29-27(13-14-27)25(31)32)15-17-7-1-6-12-23(17)28-26(33)34-16-22-20-10-4-2-8-18(20)19-9-3-5-11-21(19)22/h2-5,8-11,17,22-23H,1,6-7,12-16H2,(H,28,33)(H,29,30)(H,31,32)/t17-,23-/m1/s1. The number of alkyl carbamates (subject to hydrolysis) is 1. The molecule has 0 heterocycles. The highest BCUT2D eigenvalue weighted by molar-refractivity contribution is 5.89. The van der Waals surface area contributed by atoms with Gasteiger partial charge in [-0.3, -0.25) is 4.79 Å². The predicted molar refractivity (Wildman–Crippen MR) is 126 cm³/mol. The van der Waals surface area contributed by atoms with Gasteiger partial charge in [0.25, 0.3) is 0 Å². The molecule has 34 heavy (non-hydrogen) atoms. The lowest BCUT2D eigenvalue weighted by atomic mass is 9.82. The number of carboxylic acid groups (broad SMARTS) is 1. The number of benzene rings is 2. The Bertz CT molecular complexity index is 1060. The van der Waals surface area contributed by atoms with E-state index in [1.54, 1.807) is 0 Å². The fourth-order valence-corrected chi connectivity index (χ4v) is 5.51. The van der Waals surface area contributed by atoms with Crippen LogP contribution >= 0.6 is 0 Å². The summed E-state index contributed by atoms with van der Waals surface area (Å²) in [5.41, 5.74) is 3.61. The summed E-state index contributed by atoms with van der Waals surface area (Å²) in [5, 5.41) is 15.0. The number of fused-ring (bicyclic) bond motifs is 3. The normalized spacial score (nSPS) is 22.2. The minimum atomic E-state index is -1.08. The van der Waals surface area contributed by atoms with E-state index >= 15 is 0 Å². The molecular weight excluding hydrogens is 432 g/mol. The third-order valence-electron chi connectivity index (χ3n) is 7.54. The number of nitrogens with one attached hydrogen (secondary N) is 2. The Morgan fingerprint density at radius 2 is 1.56 bits per heavy atom. The Kier molecular flexibility index (Phi) is 6.02. The Morgan fingerprint density at radius 1 is 0.941 bits per heavy atom. The Morgan fingerprint density at radius 3 is 2.18 bits per heavy atom. The minimum Gasteiger partial charge on any atom is -0.480 e. The van der Waals surface area contributed by atoms with Crippen LogP contribution in [-0.2, 0) is 14.3 Å². The molecule has 2 aromatic rings. The van der Waals surface area contributed by atoms with Crippen LogP contribution in [0, 0.1) is 5.92 Å². The van der Waals surface area contributed by atoms with E-state index in [0.717, 1.165) is 36.8 Å². The van der Waals surface area contributed by atoms with Crippen LogP contribution in [-0.4, -0.2) is 41.3 Å². The van der Waals surface area contributed by atoms with Crippen molar-refractivity contribution in [1.29, 1.82) is 0 Å². The zero-order valence-corrected chi connectivity index (χ0v) is 19.1. The average Bonchev–Trinajstić information content (AvgIpc) is 3.55. The SMILES string of the molecule is O=C(C[C@H]1CCCC[C@H]1NC(=O)OCC1c2ccccc2-c2ccccc21)NC1(C(=O)O)CC1. The number of aliphatic carboxylic acids is 1. The van der Waals surface area contributed by atoms with E-state index in [0.29, 0.717) is 12.8 Å². The number of rotatable bonds is 7. The van der Waals surface area contributed by atoms with Crippen LogP contribution < -0.4 is 10.6 Å². The first-order valence-corrected chi connectivity index (χ1v) is 12.1. The topological polar surface area (TPSA) is 105 Å². The Labute approximate surface area is 198 Å². The number of hydrogen-bond donors (Lipinski definition) is 3. The van der Waals surface area contributed by atoms with Crippen LogP contribution in [0.4, 0.5) is 4.79 Å². The minimum absolute atomic E-state index is 0.00293. The number of amides is 2. The first-order valence-electron chi connectivity index (χ1n) is 12.1. The van der Waals surface area contributed by atoms with Crippen LogP contribution in [0.2, 0.25) is 0 Å². The van der Waals surface area contributed by atoms with Gasteiger partial charge in [0, 0.05) is 18.4 Å². The van der Waals surface area contributed by atoms with Crippen molar-refractivity contribution in [3.8, 4) is 11.1 Å². The number of ether oxygens (including phenoxy) is 1. The molecule has 178 valence electrons. The molecule has 3 aliphatic rings. The lowest BCUT2D eigenvalue weighted by Gasteiger charge is -2.32. The van der Waals surface area contributed by atoms with E-state index in [1.165, 1.54) is 11.1 Å². The third kappa shape index (κ3) is 4.39. The Hall–Kier alpha value is -3.35. The van der Waals surface area contributed by atoms with Gasteiger partial charge in [-0.2, -0.15) is 0 Å². The quantitative estimate of drug-likeness (QED) is 0.572. The fraction of sp³-hybridized carbons (Fsp3) is 0.444. The van der Waals surface area contributed by atoms with Gasteiger partial charge in [-0.1, -0.05) is 61.4 Å². The monoisotopic (exact) mass is 462 g/mol. The van der Waals surface area contributed by atoms with E-state index < -0.39 is 17.6 Å². The third-order valence-corrected chi connectivity index (χ3v) is 7.54. The van der Waals surface area contributed by atoms with Gasteiger partial charge in [0.05, 0.1) is 0 Å². The molecule has 3 aliphatic carbocycles. The molecule has 0 unspecified atom stereocenters. The molecule has 3 N–H and O–H groups in total. The van der Waals surface area contributed by atoms with E-state index in [9.17, 15) is 19.5 Å². The molecule has 0 aliphatic heterocycles. The zero-order chi connectivity index (χ0) is 23.7. The van der Waals surface area contributed by atoms with E-state index in [2.05, 4.69) is 34.9 Å². The van der Waals surface area contributed by atoms with E-state index in [1.807, 2.05) is 24.3 Å². The molecule has 0 spiro atoms. The van der Waals surface area contributed by atoms with E-state index in [4.69, 9.17) is 4.74 Å². The molecule has 2 saturated carbocycles. The van der Waals surface area contributed by atoms with Crippen molar-refractivity contribution in [2.24, 2.45) is 5.92 Å². The lowest BCUT2D eigenvalue weighted by Crippen LogP contribution is -2.47. The number of carbonyl (C=O) groups excluding carboxylic acids is 2. The zero-order valence-electron chi connectivity index (χ0n) is 19.1. The number of carboxylic acids is 1. The second-order valence-corrected chi connectivity index (χ2v) is 9.76. The van der Waals surface area contributed by atoms with Gasteiger partial charge in [0.2, 0.25) is 5.91 Å². The van der Waals surface area contributed by atoms with Crippen molar-refractivity contribution in [3.05, 3.63) is 59.7 Å². The molecule has 2 amide bonds. The fourth-order valence-electron chi connectivity index (χ4n) is 5.51. The largest absolute Gasteiger partial charge is 0.480 e. The average molecular weight is 463 g/mol. The summed E-state index contributed by atoms with van der Waals surface area (Å²) >= 11 is 0. The van der Waals surface area contributed by atoms with Crippen LogP contribution in [0.15, 0.2) is 48.5 Å². The molecule has 0 saturated heterocycles. The maximum atomic E-state index is 12.7. The predicted octanol–water partition coefficient (Wildman–Crippen LogP) is 4.21. The van der Waals surface area contributed by atoms with Crippen molar-refractivity contribution in [2.75, 3.05) is 6.61 Å². The van der Waals surface area contributed by atoms with Gasteiger partial charge in [0.1, 0.15) is 12.1 Å². The first-order chi connectivity index (χ1) is 16.5. The molecule has 7 heteroatoms. The van der Waals surface area contributed by atoms with Crippen LogP contribution in [0.5, 0.6) is 0 Å². The van der Waals surface area contributed by atoms with Gasteiger partial charge < -0.3 is 20.5 Å². The highest BCUT2D eigenvalue weighted by atomic mass is 16.5. The second kappa shape index (κ2) is 9.12. The van der Waals surface area contributed by atoms with Crippen LogP contribution in [0.1, 0.15) is 62.0 Å². The molecule has 2 aromatic carbocycles. The summed E-state index contributed by atoms with van der Waals surface area (Å²) < 4.78 is 5.69. The van der Waals surface area contributed by atoms with Gasteiger partial charge in [-0.25, -0.2) is 9.59 Å². The Balaban J connectivity index is 1.19. The van der Waals surface area contributed by atoms with Crippen molar-refractivity contribution < 1.29 is 24.2 Å². The molecule has 2 atom stereocenters. The summed E-state index contributed by atoms with van der Waals surface area (Å²) in [6.07, 6.45) is 4.26. The number of carbonyl (C=O) groups is 3. The smallest absolute Gasteiger partial charge is 0.407 e. The molecule has 0 radical (unpaired) electrons. The summed E-state index contributed by atoms with van der Waals surface area (Å²) in [4.78, 5) is 36.6. The van der Waals surface area contributed by atoms with Gasteiger partial charge in [0.15, 0.2) is 0 Å². The van der Waals surface area contributed by atoms with Crippen LogP contribution in [0.3, 0.4) is 0 Å². The summed E-state index contributed by atoms with van der Waals surface area (Å²) in [6, 6.07) is 16.3. The summed E-state index contributed by atoms with van der Waals surface area (Å²) in [5.74, 6) is -1.26. The molecule has 0 bridgehead atoms. The molecular formula is C27H30N2O5.